The van der Waals surface area contributed by atoms with Crippen molar-refractivity contribution in [1.29, 1.82) is 0 Å². The van der Waals surface area contributed by atoms with Crippen LogP contribution in [0.5, 0.6) is 0 Å². The van der Waals surface area contributed by atoms with E-state index < -0.39 is 0 Å². The Morgan fingerprint density at radius 3 is 2.79 bits per heavy atom. The third-order valence-corrected chi connectivity index (χ3v) is 4.13. The van der Waals surface area contributed by atoms with Crippen molar-refractivity contribution in [3.8, 4) is 0 Å². The molecule has 1 N–H and O–H groups in total. The first-order valence-corrected chi connectivity index (χ1v) is 6.55. The van der Waals surface area contributed by atoms with Crippen molar-refractivity contribution in [2.45, 2.75) is 12.5 Å². The third kappa shape index (κ3) is 1.91. The lowest BCUT2D eigenvalue weighted by atomic mass is 10.2. The molecule has 0 spiro atoms. The number of halogens is 2. The van der Waals surface area contributed by atoms with Gasteiger partial charge in [-0.05, 0) is 51.7 Å². The van der Waals surface area contributed by atoms with Crippen molar-refractivity contribution in [2.75, 3.05) is 0 Å². The molecule has 14 heavy (non-hydrogen) atoms. The number of thiophene rings is 1. The maximum Gasteiger partial charge on any atom is 0.0774 e. The van der Waals surface area contributed by atoms with Gasteiger partial charge in [-0.15, -0.1) is 22.9 Å². The van der Waals surface area contributed by atoms with Crippen LogP contribution in [-0.4, -0.2) is 5.11 Å². The van der Waals surface area contributed by atoms with E-state index in [-0.39, 0.29) is 6.61 Å². The van der Waals surface area contributed by atoms with Crippen LogP contribution in [0.1, 0.15) is 10.4 Å². The molecular formula is C10H8ClIOS. The molecule has 1 aromatic heterocycles. The lowest BCUT2D eigenvalue weighted by Gasteiger charge is -1.98. The molecule has 0 saturated heterocycles. The van der Waals surface area contributed by atoms with E-state index in [4.69, 9.17) is 16.7 Å². The van der Waals surface area contributed by atoms with Crippen molar-refractivity contribution < 1.29 is 5.11 Å². The standard InChI is InChI=1S/C10H8ClIOS/c11-4-7-2-8(12)1-6-3-9(5-13)14-10(6)7/h1-3,13H,4-5H2. The second-order valence-corrected chi connectivity index (χ2v) is 5.64. The summed E-state index contributed by atoms with van der Waals surface area (Å²) in [7, 11) is 0. The Kier molecular flexibility index (Phi) is 3.31. The Balaban J connectivity index is 2.71. The summed E-state index contributed by atoms with van der Waals surface area (Å²) in [5.74, 6) is 0.527. The van der Waals surface area contributed by atoms with E-state index in [2.05, 4.69) is 34.7 Å². The first kappa shape index (κ1) is 10.7. The van der Waals surface area contributed by atoms with Crippen LogP contribution in [0.15, 0.2) is 18.2 Å². The minimum absolute atomic E-state index is 0.109. The van der Waals surface area contributed by atoms with Gasteiger partial charge in [-0.3, -0.25) is 0 Å². The zero-order valence-corrected chi connectivity index (χ0v) is 11.0. The summed E-state index contributed by atoms with van der Waals surface area (Å²) < 4.78 is 2.39. The predicted octanol–water partition coefficient (Wildman–Crippen LogP) is 3.74. The van der Waals surface area contributed by atoms with Crippen molar-refractivity contribution in [3.63, 3.8) is 0 Å². The molecule has 0 aliphatic rings. The van der Waals surface area contributed by atoms with Crippen LogP contribution < -0.4 is 0 Å². The average molecular weight is 339 g/mol. The molecule has 0 fully saturated rings. The quantitative estimate of drug-likeness (QED) is 0.653. The molecule has 74 valence electrons. The minimum atomic E-state index is 0.109. The number of rotatable bonds is 2. The zero-order valence-electron chi connectivity index (χ0n) is 7.26. The fourth-order valence-corrected chi connectivity index (χ4v) is 3.43. The SMILES string of the molecule is OCc1cc2cc(I)cc(CCl)c2s1. The lowest BCUT2D eigenvalue weighted by Crippen LogP contribution is -1.79. The van der Waals surface area contributed by atoms with Gasteiger partial charge in [0, 0.05) is 19.0 Å². The summed E-state index contributed by atoms with van der Waals surface area (Å²) in [6, 6.07) is 6.23. The summed E-state index contributed by atoms with van der Waals surface area (Å²) in [6.45, 7) is 0.109. The van der Waals surface area contributed by atoms with Gasteiger partial charge in [0.05, 0.1) is 6.61 Å². The summed E-state index contributed by atoms with van der Waals surface area (Å²) in [4.78, 5) is 0.994. The van der Waals surface area contributed by atoms with E-state index in [1.54, 1.807) is 11.3 Å². The van der Waals surface area contributed by atoms with Gasteiger partial charge in [0.25, 0.3) is 0 Å². The van der Waals surface area contributed by atoms with Crippen molar-refractivity contribution in [2.24, 2.45) is 0 Å². The second kappa shape index (κ2) is 4.35. The largest absolute Gasteiger partial charge is 0.391 e. The third-order valence-electron chi connectivity index (χ3n) is 2.01. The van der Waals surface area contributed by atoms with Gasteiger partial charge in [0.2, 0.25) is 0 Å². The van der Waals surface area contributed by atoms with E-state index in [9.17, 15) is 0 Å². The molecule has 1 aromatic carbocycles. The Labute approximate surface area is 105 Å². The van der Waals surface area contributed by atoms with Crippen LogP contribution in [0.25, 0.3) is 10.1 Å². The highest BCUT2D eigenvalue weighted by Gasteiger charge is 2.06. The van der Waals surface area contributed by atoms with Crippen LogP contribution in [0.4, 0.5) is 0 Å². The van der Waals surface area contributed by atoms with Gasteiger partial charge in [-0.1, -0.05) is 0 Å². The van der Waals surface area contributed by atoms with Gasteiger partial charge in [0.15, 0.2) is 0 Å². The maximum absolute atomic E-state index is 9.05. The Morgan fingerprint density at radius 2 is 2.14 bits per heavy atom. The molecule has 0 atom stereocenters. The van der Waals surface area contributed by atoms with Gasteiger partial charge >= 0.3 is 0 Å². The molecule has 0 amide bonds. The van der Waals surface area contributed by atoms with E-state index in [1.807, 2.05) is 6.07 Å². The number of alkyl halides is 1. The summed E-state index contributed by atoms with van der Waals surface area (Å²) in [5, 5.41) is 10.2. The lowest BCUT2D eigenvalue weighted by molar-refractivity contribution is 0.285. The highest BCUT2D eigenvalue weighted by molar-refractivity contribution is 14.1. The van der Waals surface area contributed by atoms with Crippen LogP contribution in [0.3, 0.4) is 0 Å². The van der Waals surface area contributed by atoms with E-state index in [0.717, 1.165) is 10.4 Å². The van der Waals surface area contributed by atoms with E-state index in [1.165, 1.54) is 13.7 Å². The first-order valence-electron chi connectivity index (χ1n) is 4.12. The Morgan fingerprint density at radius 1 is 1.36 bits per heavy atom. The maximum atomic E-state index is 9.05. The summed E-state index contributed by atoms with van der Waals surface area (Å²) in [6.07, 6.45) is 0. The van der Waals surface area contributed by atoms with Gasteiger partial charge in [-0.2, -0.15) is 0 Å². The molecule has 0 saturated carbocycles. The highest BCUT2D eigenvalue weighted by Crippen LogP contribution is 2.31. The molecule has 4 heteroatoms. The molecular weight excluding hydrogens is 331 g/mol. The average Bonchev–Trinajstić information content (AvgIpc) is 2.59. The number of aliphatic hydroxyl groups is 1. The summed E-state index contributed by atoms with van der Waals surface area (Å²) in [5.41, 5.74) is 1.15. The molecule has 0 radical (unpaired) electrons. The number of fused-ring (bicyclic) bond motifs is 1. The Hall–Kier alpha value is 0.160. The van der Waals surface area contributed by atoms with E-state index >= 15 is 0 Å². The second-order valence-electron chi connectivity index (χ2n) is 2.99. The van der Waals surface area contributed by atoms with Crippen LogP contribution in [0.2, 0.25) is 0 Å². The highest BCUT2D eigenvalue weighted by atomic mass is 127. The number of hydrogen-bond donors (Lipinski definition) is 1. The molecule has 0 bridgehead atoms. The predicted molar refractivity (Wildman–Crippen MR) is 70.0 cm³/mol. The topological polar surface area (TPSA) is 20.2 Å². The van der Waals surface area contributed by atoms with Crippen LogP contribution >= 0.6 is 45.5 Å². The van der Waals surface area contributed by atoms with Crippen LogP contribution in [0, 0.1) is 3.57 Å². The zero-order chi connectivity index (χ0) is 10.1. The number of benzene rings is 1. The summed E-state index contributed by atoms with van der Waals surface area (Å²) >= 11 is 9.77. The van der Waals surface area contributed by atoms with Crippen molar-refractivity contribution in [3.05, 3.63) is 32.2 Å². The molecule has 2 rings (SSSR count). The number of hydrogen-bond acceptors (Lipinski definition) is 2. The van der Waals surface area contributed by atoms with Crippen LogP contribution in [-0.2, 0) is 12.5 Å². The molecule has 0 unspecified atom stereocenters. The van der Waals surface area contributed by atoms with E-state index in [0.29, 0.717) is 5.88 Å². The molecule has 0 aliphatic carbocycles. The van der Waals surface area contributed by atoms with Gasteiger partial charge in [-0.25, -0.2) is 0 Å². The molecule has 1 nitrogen and oxygen atoms in total. The fourth-order valence-electron chi connectivity index (χ4n) is 1.42. The Bertz CT molecular complexity index is 466. The fraction of sp³-hybridized carbons (Fsp3) is 0.200. The monoisotopic (exact) mass is 338 g/mol. The first-order chi connectivity index (χ1) is 6.74. The molecule has 2 aromatic rings. The normalized spacial score (nSPS) is 11.1. The minimum Gasteiger partial charge on any atom is -0.391 e. The van der Waals surface area contributed by atoms with Gasteiger partial charge < -0.3 is 5.11 Å². The van der Waals surface area contributed by atoms with Crippen molar-refractivity contribution >= 4 is 55.6 Å². The molecule has 0 aliphatic heterocycles. The smallest absolute Gasteiger partial charge is 0.0774 e. The van der Waals surface area contributed by atoms with Crippen molar-refractivity contribution in [1.82, 2.24) is 0 Å². The number of aliphatic hydroxyl groups excluding tert-OH is 1. The van der Waals surface area contributed by atoms with Gasteiger partial charge in [0.1, 0.15) is 0 Å². The molecule has 1 heterocycles.